The first-order valence-electron chi connectivity index (χ1n) is 9.97. The number of morpholine rings is 1. The number of ether oxygens (including phenoxy) is 2. The number of anilines is 1. The van der Waals surface area contributed by atoms with Crippen molar-refractivity contribution in [2.75, 3.05) is 51.4 Å². The minimum atomic E-state index is -0.375. The SMILES string of the molecule is COc1ccc(C(=O)N(CCCN2CCOCC2)c2nc3c(F)cccc3s2)cc1.Cl. The molecule has 1 aliphatic heterocycles. The minimum absolute atomic E-state index is 0. The van der Waals surface area contributed by atoms with Gasteiger partial charge in [0.1, 0.15) is 17.1 Å². The van der Waals surface area contributed by atoms with Crippen LogP contribution in [-0.4, -0.2) is 62.3 Å². The normalized spacial score (nSPS) is 14.3. The van der Waals surface area contributed by atoms with Crippen LogP contribution in [0.25, 0.3) is 10.2 Å². The van der Waals surface area contributed by atoms with Crippen LogP contribution < -0.4 is 9.64 Å². The van der Waals surface area contributed by atoms with E-state index in [1.807, 2.05) is 6.07 Å². The predicted octanol–water partition coefficient (Wildman–Crippen LogP) is 4.23. The molecule has 1 saturated heterocycles. The quantitative estimate of drug-likeness (QED) is 0.522. The summed E-state index contributed by atoms with van der Waals surface area (Å²) in [5.74, 6) is 0.159. The molecule has 6 nitrogen and oxygen atoms in total. The fourth-order valence-electron chi connectivity index (χ4n) is 3.47. The highest BCUT2D eigenvalue weighted by Gasteiger charge is 2.22. The molecule has 4 rings (SSSR count). The lowest BCUT2D eigenvalue weighted by atomic mass is 10.2. The smallest absolute Gasteiger partial charge is 0.260 e. The van der Waals surface area contributed by atoms with Gasteiger partial charge in [0, 0.05) is 31.7 Å². The topological polar surface area (TPSA) is 54.9 Å². The lowest BCUT2D eigenvalue weighted by Crippen LogP contribution is -2.39. The highest BCUT2D eigenvalue weighted by atomic mass is 35.5. The van der Waals surface area contributed by atoms with Crippen molar-refractivity contribution in [3.05, 3.63) is 53.8 Å². The summed E-state index contributed by atoms with van der Waals surface area (Å²) in [5.41, 5.74) is 0.847. The number of fused-ring (bicyclic) bond motifs is 1. The van der Waals surface area contributed by atoms with Crippen molar-refractivity contribution in [1.82, 2.24) is 9.88 Å². The number of thiazole rings is 1. The predicted molar refractivity (Wildman–Crippen MR) is 123 cm³/mol. The third-order valence-electron chi connectivity index (χ3n) is 5.13. The summed E-state index contributed by atoms with van der Waals surface area (Å²) in [5, 5.41) is 0.512. The van der Waals surface area contributed by atoms with Crippen LogP contribution in [0.4, 0.5) is 9.52 Å². The Balaban J connectivity index is 0.00000272. The molecule has 1 amide bonds. The number of rotatable bonds is 7. The van der Waals surface area contributed by atoms with E-state index in [4.69, 9.17) is 9.47 Å². The molecule has 1 aliphatic rings. The van der Waals surface area contributed by atoms with E-state index in [9.17, 15) is 9.18 Å². The third kappa shape index (κ3) is 5.51. The number of para-hydroxylation sites is 1. The fourth-order valence-corrected chi connectivity index (χ4v) is 4.47. The molecule has 0 bridgehead atoms. The number of benzene rings is 2. The molecular weight excluding hydrogens is 441 g/mol. The monoisotopic (exact) mass is 465 g/mol. The van der Waals surface area contributed by atoms with Gasteiger partial charge in [-0.1, -0.05) is 17.4 Å². The van der Waals surface area contributed by atoms with E-state index in [0.29, 0.717) is 28.5 Å². The Morgan fingerprint density at radius 3 is 2.65 bits per heavy atom. The third-order valence-corrected chi connectivity index (χ3v) is 6.17. The number of aromatic nitrogens is 1. The van der Waals surface area contributed by atoms with Crippen molar-refractivity contribution < 1.29 is 18.7 Å². The van der Waals surface area contributed by atoms with Crippen molar-refractivity contribution >= 4 is 45.0 Å². The molecule has 2 aromatic carbocycles. The zero-order chi connectivity index (χ0) is 20.9. The summed E-state index contributed by atoms with van der Waals surface area (Å²) in [6.45, 7) is 4.66. The molecule has 0 aliphatic carbocycles. The zero-order valence-corrected chi connectivity index (χ0v) is 18.9. The lowest BCUT2D eigenvalue weighted by molar-refractivity contribution is 0.0376. The van der Waals surface area contributed by atoms with Gasteiger partial charge in [0.15, 0.2) is 5.13 Å². The average Bonchev–Trinajstić information content (AvgIpc) is 3.22. The Hall–Kier alpha value is -2.26. The Labute approximate surface area is 191 Å². The van der Waals surface area contributed by atoms with E-state index < -0.39 is 0 Å². The van der Waals surface area contributed by atoms with Crippen molar-refractivity contribution in [3.63, 3.8) is 0 Å². The number of halogens is 2. The Kier molecular flexibility index (Phi) is 8.20. The Bertz CT molecular complexity index is 1010. The molecule has 3 aromatic rings. The first-order chi connectivity index (χ1) is 14.7. The standard InChI is InChI=1S/C22H24FN3O3S.ClH/c1-28-17-8-6-16(7-9-17)21(27)26(11-3-10-25-12-14-29-15-13-25)22-24-20-18(23)4-2-5-19(20)30-22;/h2,4-9H,3,10-15H2,1H3;1H. The second kappa shape index (κ2) is 10.9. The van der Waals surface area contributed by atoms with Crippen LogP contribution in [0.3, 0.4) is 0 Å². The van der Waals surface area contributed by atoms with E-state index in [-0.39, 0.29) is 24.1 Å². The van der Waals surface area contributed by atoms with Gasteiger partial charge in [0.25, 0.3) is 5.91 Å². The van der Waals surface area contributed by atoms with Crippen LogP contribution in [0, 0.1) is 5.82 Å². The Morgan fingerprint density at radius 1 is 1.23 bits per heavy atom. The molecule has 1 aromatic heterocycles. The fraction of sp³-hybridized carbons (Fsp3) is 0.364. The van der Waals surface area contributed by atoms with Crippen molar-refractivity contribution in [2.24, 2.45) is 0 Å². The van der Waals surface area contributed by atoms with Crippen LogP contribution in [-0.2, 0) is 4.74 Å². The number of methoxy groups -OCH3 is 1. The van der Waals surface area contributed by atoms with Crippen LogP contribution in [0.5, 0.6) is 5.75 Å². The summed E-state index contributed by atoms with van der Waals surface area (Å²) in [6, 6.07) is 11.9. The molecular formula is C22H25ClFN3O3S. The van der Waals surface area contributed by atoms with Crippen molar-refractivity contribution in [2.45, 2.75) is 6.42 Å². The summed E-state index contributed by atoms with van der Waals surface area (Å²) >= 11 is 1.33. The van der Waals surface area contributed by atoms with Gasteiger partial charge in [-0.05, 0) is 42.8 Å². The second-order valence-electron chi connectivity index (χ2n) is 7.08. The molecule has 1 fully saturated rings. The number of hydrogen-bond donors (Lipinski definition) is 0. The van der Waals surface area contributed by atoms with E-state index in [1.54, 1.807) is 42.3 Å². The van der Waals surface area contributed by atoms with Gasteiger partial charge >= 0.3 is 0 Å². The molecule has 0 spiro atoms. The number of nitrogens with zero attached hydrogens (tertiary/aromatic N) is 3. The second-order valence-corrected chi connectivity index (χ2v) is 8.08. The van der Waals surface area contributed by atoms with Gasteiger partial charge in [0.05, 0.1) is 25.0 Å². The van der Waals surface area contributed by atoms with E-state index in [2.05, 4.69) is 9.88 Å². The number of hydrogen-bond acceptors (Lipinski definition) is 6. The maximum atomic E-state index is 14.2. The first-order valence-corrected chi connectivity index (χ1v) is 10.8. The molecule has 31 heavy (non-hydrogen) atoms. The highest BCUT2D eigenvalue weighted by molar-refractivity contribution is 7.22. The maximum Gasteiger partial charge on any atom is 0.260 e. The van der Waals surface area contributed by atoms with Gasteiger partial charge < -0.3 is 9.47 Å². The first kappa shape index (κ1) is 23.4. The molecule has 0 atom stereocenters. The van der Waals surface area contributed by atoms with Gasteiger partial charge in [-0.25, -0.2) is 9.37 Å². The van der Waals surface area contributed by atoms with E-state index in [0.717, 1.165) is 44.0 Å². The molecule has 0 saturated carbocycles. The number of amides is 1. The van der Waals surface area contributed by atoms with Gasteiger partial charge in [-0.2, -0.15) is 0 Å². The molecule has 9 heteroatoms. The molecule has 2 heterocycles. The van der Waals surface area contributed by atoms with E-state index in [1.165, 1.54) is 17.4 Å². The molecule has 0 radical (unpaired) electrons. The Morgan fingerprint density at radius 2 is 1.97 bits per heavy atom. The number of carbonyl (C=O) groups is 1. The summed E-state index contributed by atoms with van der Waals surface area (Å²) in [7, 11) is 1.59. The van der Waals surface area contributed by atoms with Crippen molar-refractivity contribution in [3.8, 4) is 5.75 Å². The van der Waals surface area contributed by atoms with Crippen molar-refractivity contribution in [1.29, 1.82) is 0 Å². The van der Waals surface area contributed by atoms with Crippen LogP contribution in [0.1, 0.15) is 16.8 Å². The van der Waals surface area contributed by atoms with E-state index >= 15 is 0 Å². The largest absolute Gasteiger partial charge is 0.497 e. The maximum absolute atomic E-state index is 14.2. The zero-order valence-electron chi connectivity index (χ0n) is 17.3. The summed E-state index contributed by atoms with van der Waals surface area (Å²) in [6.07, 6.45) is 0.792. The highest BCUT2D eigenvalue weighted by Crippen LogP contribution is 2.31. The van der Waals surface area contributed by atoms with Gasteiger partial charge in [-0.15, -0.1) is 12.4 Å². The minimum Gasteiger partial charge on any atom is -0.497 e. The van der Waals surface area contributed by atoms with Crippen LogP contribution >= 0.6 is 23.7 Å². The average molecular weight is 466 g/mol. The molecule has 0 N–H and O–H groups in total. The van der Waals surface area contributed by atoms with Gasteiger partial charge in [-0.3, -0.25) is 14.6 Å². The summed E-state index contributed by atoms with van der Waals surface area (Å²) < 4.78 is 25.5. The van der Waals surface area contributed by atoms with Crippen LogP contribution in [0.2, 0.25) is 0 Å². The molecule has 166 valence electrons. The van der Waals surface area contributed by atoms with Crippen LogP contribution in [0.15, 0.2) is 42.5 Å². The number of carbonyl (C=O) groups excluding carboxylic acids is 1. The molecule has 0 unspecified atom stereocenters. The lowest BCUT2D eigenvalue weighted by Gasteiger charge is -2.27. The van der Waals surface area contributed by atoms with Gasteiger partial charge in [0.2, 0.25) is 0 Å². The summed E-state index contributed by atoms with van der Waals surface area (Å²) in [4.78, 5) is 21.8.